The highest BCUT2D eigenvalue weighted by atomic mass is 35.5. The molecule has 0 radical (unpaired) electrons. The van der Waals surface area contributed by atoms with Crippen molar-refractivity contribution in [2.45, 2.75) is 18.8 Å². The number of carbonyl (C=O) groups excluding carboxylic acids is 1. The zero-order chi connectivity index (χ0) is 9.97. The summed E-state index contributed by atoms with van der Waals surface area (Å²) >= 11 is 5.56. The van der Waals surface area contributed by atoms with Gasteiger partial charge in [0.2, 0.25) is 0 Å². The molecule has 0 N–H and O–H groups in total. The molecule has 0 heterocycles. The molecule has 0 saturated heterocycles. The number of halogens is 1. The van der Waals surface area contributed by atoms with Gasteiger partial charge in [-0.3, -0.25) is 4.79 Å². The van der Waals surface area contributed by atoms with Gasteiger partial charge >= 0.3 is 0 Å². The van der Waals surface area contributed by atoms with Crippen LogP contribution in [0.4, 0.5) is 0 Å². The molecule has 1 nitrogen and oxygen atoms in total. The molecule has 0 aliphatic heterocycles. The summed E-state index contributed by atoms with van der Waals surface area (Å²) in [6.45, 7) is 0. The van der Waals surface area contributed by atoms with Crippen molar-refractivity contribution in [3.05, 3.63) is 35.9 Å². The van der Waals surface area contributed by atoms with Gasteiger partial charge in [0, 0.05) is 5.92 Å². The van der Waals surface area contributed by atoms with E-state index in [0.29, 0.717) is 5.92 Å². The lowest BCUT2D eigenvalue weighted by atomic mass is 9.68. The lowest BCUT2D eigenvalue weighted by molar-refractivity contribution is -0.123. The van der Waals surface area contributed by atoms with Crippen LogP contribution in [0.2, 0.25) is 0 Å². The van der Waals surface area contributed by atoms with Crippen molar-refractivity contribution in [1.29, 1.82) is 0 Å². The average molecular weight is 209 g/mol. The van der Waals surface area contributed by atoms with Gasteiger partial charge in [-0.1, -0.05) is 30.3 Å². The quantitative estimate of drug-likeness (QED) is 0.698. The van der Waals surface area contributed by atoms with E-state index < -0.39 is 0 Å². The van der Waals surface area contributed by atoms with Crippen LogP contribution in [0.15, 0.2) is 30.3 Å². The van der Waals surface area contributed by atoms with Gasteiger partial charge in [0.15, 0.2) is 5.78 Å². The Morgan fingerprint density at radius 1 is 1.29 bits per heavy atom. The molecule has 2 rings (SSSR count). The zero-order valence-electron chi connectivity index (χ0n) is 7.95. The summed E-state index contributed by atoms with van der Waals surface area (Å²) in [5.74, 6) is 0.956. The fraction of sp³-hybridized carbons (Fsp3) is 0.417. The maximum atomic E-state index is 11.4. The Balaban J connectivity index is 2.10. The van der Waals surface area contributed by atoms with Gasteiger partial charge in [-0.05, 0) is 24.3 Å². The Bertz CT molecular complexity index is 320. The molecule has 1 aromatic rings. The number of alkyl halides is 1. The van der Waals surface area contributed by atoms with Crippen LogP contribution in [0.25, 0.3) is 0 Å². The van der Waals surface area contributed by atoms with Crippen molar-refractivity contribution in [1.82, 2.24) is 0 Å². The third kappa shape index (κ3) is 1.69. The van der Waals surface area contributed by atoms with Crippen LogP contribution >= 0.6 is 11.6 Å². The highest BCUT2D eigenvalue weighted by Crippen LogP contribution is 2.42. The average Bonchev–Trinajstić information content (AvgIpc) is 2.17. The third-order valence-corrected chi connectivity index (χ3v) is 3.31. The van der Waals surface area contributed by atoms with Crippen LogP contribution in [0.1, 0.15) is 24.3 Å². The number of hydrogen-bond donors (Lipinski definition) is 0. The minimum atomic E-state index is 0.161. The first-order chi connectivity index (χ1) is 6.83. The predicted molar refractivity (Wildman–Crippen MR) is 57.6 cm³/mol. The van der Waals surface area contributed by atoms with Crippen LogP contribution in [-0.2, 0) is 4.79 Å². The molecule has 1 aliphatic carbocycles. The molecule has 1 aliphatic rings. The molecule has 2 heteroatoms. The molecule has 1 aromatic carbocycles. The van der Waals surface area contributed by atoms with Crippen LogP contribution in [0.5, 0.6) is 0 Å². The normalized spacial score (nSPS) is 25.5. The molecule has 2 atom stereocenters. The van der Waals surface area contributed by atoms with E-state index in [1.807, 2.05) is 18.2 Å². The van der Waals surface area contributed by atoms with E-state index in [2.05, 4.69) is 12.1 Å². The highest BCUT2D eigenvalue weighted by Gasteiger charge is 2.36. The Morgan fingerprint density at radius 3 is 2.50 bits per heavy atom. The van der Waals surface area contributed by atoms with E-state index in [1.54, 1.807) is 0 Å². The van der Waals surface area contributed by atoms with Gasteiger partial charge in [0.05, 0.1) is 5.88 Å². The van der Waals surface area contributed by atoms with Crippen LogP contribution < -0.4 is 0 Å². The Labute approximate surface area is 89.1 Å². The van der Waals surface area contributed by atoms with Crippen LogP contribution in [0.3, 0.4) is 0 Å². The molecule has 1 fully saturated rings. The van der Waals surface area contributed by atoms with Crippen molar-refractivity contribution in [3.8, 4) is 0 Å². The Morgan fingerprint density at radius 2 is 2.00 bits per heavy atom. The number of Topliss-reactive ketones (excluding diaryl/α,β-unsaturated/α-hetero) is 1. The first-order valence-electron chi connectivity index (χ1n) is 4.96. The first kappa shape index (κ1) is 9.72. The van der Waals surface area contributed by atoms with Crippen molar-refractivity contribution in [2.75, 3.05) is 5.88 Å². The maximum Gasteiger partial charge on any atom is 0.151 e. The largest absolute Gasteiger partial charge is 0.298 e. The fourth-order valence-electron chi connectivity index (χ4n) is 2.08. The maximum absolute atomic E-state index is 11.4. The summed E-state index contributed by atoms with van der Waals surface area (Å²) in [6.07, 6.45) is 2.13. The van der Waals surface area contributed by atoms with Gasteiger partial charge in [-0.2, -0.15) is 0 Å². The summed E-state index contributed by atoms with van der Waals surface area (Å²) in [5, 5.41) is 0. The van der Waals surface area contributed by atoms with E-state index in [0.717, 1.165) is 12.8 Å². The molecular weight excluding hydrogens is 196 g/mol. The van der Waals surface area contributed by atoms with E-state index >= 15 is 0 Å². The predicted octanol–water partition coefficient (Wildman–Crippen LogP) is 2.99. The molecule has 0 bridgehead atoms. The topological polar surface area (TPSA) is 17.1 Å². The molecule has 0 aromatic heterocycles. The van der Waals surface area contributed by atoms with Crippen molar-refractivity contribution in [2.24, 2.45) is 5.92 Å². The summed E-state index contributed by atoms with van der Waals surface area (Å²) in [6, 6.07) is 10.2. The SMILES string of the molecule is O=C(CCl)[C@H]1CC[C@H]1c1ccccc1. The van der Waals surface area contributed by atoms with Crippen molar-refractivity contribution >= 4 is 17.4 Å². The summed E-state index contributed by atoms with van der Waals surface area (Å²) < 4.78 is 0. The van der Waals surface area contributed by atoms with E-state index in [4.69, 9.17) is 11.6 Å². The highest BCUT2D eigenvalue weighted by molar-refractivity contribution is 6.28. The second-order valence-corrected chi connectivity index (χ2v) is 4.07. The van der Waals surface area contributed by atoms with Gasteiger partial charge in [0.25, 0.3) is 0 Å². The number of carbonyl (C=O) groups is 1. The third-order valence-electron chi connectivity index (χ3n) is 3.05. The van der Waals surface area contributed by atoms with Crippen LogP contribution in [-0.4, -0.2) is 11.7 Å². The van der Waals surface area contributed by atoms with E-state index in [-0.39, 0.29) is 17.6 Å². The lowest BCUT2D eigenvalue weighted by Crippen LogP contribution is -2.31. The van der Waals surface area contributed by atoms with Crippen molar-refractivity contribution < 1.29 is 4.79 Å². The van der Waals surface area contributed by atoms with Gasteiger partial charge in [-0.25, -0.2) is 0 Å². The summed E-state index contributed by atoms with van der Waals surface area (Å²) in [4.78, 5) is 11.4. The second-order valence-electron chi connectivity index (χ2n) is 3.80. The monoisotopic (exact) mass is 208 g/mol. The molecule has 74 valence electrons. The molecule has 0 spiro atoms. The number of ketones is 1. The number of benzene rings is 1. The minimum absolute atomic E-state index is 0.161. The molecular formula is C12H13ClO. The first-order valence-corrected chi connectivity index (χ1v) is 5.50. The lowest BCUT2D eigenvalue weighted by Gasteiger charge is -2.35. The molecule has 1 saturated carbocycles. The zero-order valence-corrected chi connectivity index (χ0v) is 8.70. The van der Waals surface area contributed by atoms with Gasteiger partial charge in [0.1, 0.15) is 0 Å². The smallest absolute Gasteiger partial charge is 0.151 e. The second kappa shape index (κ2) is 4.14. The standard InChI is InChI=1S/C12H13ClO/c13-8-12(14)11-7-6-10(11)9-4-2-1-3-5-9/h1-5,10-11H,6-8H2/t10-,11-/m0/s1. The molecule has 0 amide bonds. The van der Waals surface area contributed by atoms with E-state index in [1.165, 1.54) is 5.56 Å². The number of rotatable bonds is 3. The summed E-state index contributed by atoms with van der Waals surface area (Å²) in [5.41, 5.74) is 1.28. The van der Waals surface area contributed by atoms with Crippen LogP contribution in [0, 0.1) is 5.92 Å². The Hall–Kier alpha value is -0.820. The molecule has 14 heavy (non-hydrogen) atoms. The molecule has 0 unspecified atom stereocenters. The fourth-order valence-corrected chi connectivity index (χ4v) is 2.28. The number of hydrogen-bond acceptors (Lipinski definition) is 1. The van der Waals surface area contributed by atoms with Gasteiger partial charge < -0.3 is 0 Å². The van der Waals surface area contributed by atoms with E-state index in [9.17, 15) is 4.79 Å². The van der Waals surface area contributed by atoms with Gasteiger partial charge in [-0.15, -0.1) is 11.6 Å². The van der Waals surface area contributed by atoms with Crippen molar-refractivity contribution in [3.63, 3.8) is 0 Å². The Kier molecular flexibility index (Phi) is 2.87. The summed E-state index contributed by atoms with van der Waals surface area (Å²) in [7, 11) is 0. The minimum Gasteiger partial charge on any atom is -0.298 e.